The van der Waals surface area contributed by atoms with Gasteiger partial charge in [-0.2, -0.15) is 13.2 Å². The molecule has 0 atom stereocenters. The van der Waals surface area contributed by atoms with E-state index in [-0.39, 0.29) is 6.54 Å². The van der Waals surface area contributed by atoms with Crippen LogP contribution in [0.3, 0.4) is 0 Å². The van der Waals surface area contributed by atoms with E-state index in [1.807, 2.05) is 5.32 Å². The number of alkyl halides is 3. The highest BCUT2D eigenvalue weighted by molar-refractivity contribution is 5.81. The first-order valence-corrected chi connectivity index (χ1v) is 5.06. The van der Waals surface area contributed by atoms with Crippen LogP contribution in [0.5, 0.6) is 0 Å². The van der Waals surface area contributed by atoms with Crippen molar-refractivity contribution in [2.75, 3.05) is 19.6 Å². The summed E-state index contributed by atoms with van der Waals surface area (Å²) >= 11 is 0. The van der Waals surface area contributed by atoms with Gasteiger partial charge >= 0.3 is 12.1 Å². The van der Waals surface area contributed by atoms with Crippen molar-refractivity contribution in [2.45, 2.75) is 25.4 Å². The average Bonchev–Trinajstić information content (AvgIpc) is 2.18. The van der Waals surface area contributed by atoms with Gasteiger partial charge in [0.25, 0.3) is 0 Å². The van der Waals surface area contributed by atoms with E-state index in [4.69, 9.17) is 0 Å². The number of rotatable bonds is 3. The quantitative estimate of drug-likeness (QED) is 0.752. The van der Waals surface area contributed by atoms with Crippen LogP contribution in [-0.2, 0) is 4.79 Å². The minimum absolute atomic E-state index is 0.114. The summed E-state index contributed by atoms with van der Waals surface area (Å²) in [6, 6.07) is 0. The molecule has 1 heterocycles. The maximum Gasteiger partial charge on any atom is 0.471 e. The molecule has 0 aromatic heterocycles. The third-order valence-corrected chi connectivity index (χ3v) is 2.55. The molecule has 0 aliphatic carbocycles. The fourth-order valence-electron chi connectivity index (χ4n) is 1.66. The standard InChI is InChI=1S/C9H15F3N2O/c10-9(11,12)8(15)14-6-3-7-1-4-13-5-2-7/h7,13H,1-6H2,(H,14,15). The lowest BCUT2D eigenvalue weighted by Crippen LogP contribution is -2.38. The Labute approximate surface area is 86.4 Å². The van der Waals surface area contributed by atoms with Gasteiger partial charge in [-0.05, 0) is 38.3 Å². The van der Waals surface area contributed by atoms with Crippen LogP contribution in [0.4, 0.5) is 13.2 Å². The Balaban J connectivity index is 2.12. The SMILES string of the molecule is O=C(NCCC1CCNCC1)C(F)(F)F. The number of carbonyl (C=O) groups excluding carboxylic acids is 1. The summed E-state index contributed by atoms with van der Waals surface area (Å²) in [5, 5.41) is 5.06. The molecule has 88 valence electrons. The van der Waals surface area contributed by atoms with E-state index in [1.54, 1.807) is 0 Å². The van der Waals surface area contributed by atoms with Gasteiger partial charge in [-0.25, -0.2) is 0 Å². The second kappa shape index (κ2) is 5.34. The van der Waals surface area contributed by atoms with E-state index in [2.05, 4.69) is 5.32 Å². The lowest BCUT2D eigenvalue weighted by atomic mass is 9.95. The van der Waals surface area contributed by atoms with Crippen LogP contribution in [0.2, 0.25) is 0 Å². The Bertz CT molecular complexity index is 212. The molecule has 6 heteroatoms. The maximum atomic E-state index is 11.8. The minimum atomic E-state index is -4.76. The summed E-state index contributed by atoms with van der Waals surface area (Å²) in [4.78, 5) is 10.5. The molecule has 3 nitrogen and oxygen atoms in total. The van der Waals surface area contributed by atoms with Crippen molar-refractivity contribution in [3.8, 4) is 0 Å². The summed E-state index contributed by atoms with van der Waals surface area (Å²) in [5.41, 5.74) is 0. The third-order valence-electron chi connectivity index (χ3n) is 2.55. The van der Waals surface area contributed by atoms with Crippen molar-refractivity contribution in [2.24, 2.45) is 5.92 Å². The number of halogens is 3. The van der Waals surface area contributed by atoms with Crippen LogP contribution in [0.15, 0.2) is 0 Å². The van der Waals surface area contributed by atoms with Crippen molar-refractivity contribution in [1.82, 2.24) is 10.6 Å². The molecule has 0 radical (unpaired) electrons. The summed E-state index contributed by atoms with van der Waals surface area (Å²) in [6.07, 6.45) is -2.18. The molecule has 0 bridgehead atoms. The van der Waals surface area contributed by atoms with Crippen LogP contribution in [0, 0.1) is 5.92 Å². The Morgan fingerprint density at radius 2 is 1.93 bits per heavy atom. The van der Waals surface area contributed by atoms with Crippen LogP contribution in [0.1, 0.15) is 19.3 Å². The Morgan fingerprint density at radius 1 is 1.33 bits per heavy atom. The van der Waals surface area contributed by atoms with Crippen molar-refractivity contribution < 1.29 is 18.0 Å². The van der Waals surface area contributed by atoms with E-state index in [0.29, 0.717) is 12.3 Å². The zero-order valence-electron chi connectivity index (χ0n) is 8.36. The maximum absolute atomic E-state index is 11.8. The zero-order valence-corrected chi connectivity index (χ0v) is 8.36. The van der Waals surface area contributed by atoms with Crippen molar-refractivity contribution in [3.05, 3.63) is 0 Å². The number of hydrogen-bond donors (Lipinski definition) is 2. The highest BCUT2D eigenvalue weighted by atomic mass is 19.4. The van der Waals surface area contributed by atoms with Gasteiger partial charge in [-0.3, -0.25) is 4.79 Å². The van der Waals surface area contributed by atoms with Crippen molar-refractivity contribution >= 4 is 5.91 Å². The predicted molar refractivity (Wildman–Crippen MR) is 49.3 cm³/mol. The smallest absolute Gasteiger partial charge is 0.348 e. The fraction of sp³-hybridized carbons (Fsp3) is 0.889. The molecule has 0 unspecified atom stereocenters. The molecule has 0 spiro atoms. The zero-order chi connectivity index (χ0) is 11.3. The Morgan fingerprint density at radius 3 is 2.47 bits per heavy atom. The van der Waals surface area contributed by atoms with E-state index in [9.17, 15) is 18.0 Å². The van der Waals surface area contributed by atoms with Crippen LogP contribution >= 0.6 is 0 Å². The molecule has 0 aromatic rings. The van der Waals surface area contributed by atoms with Gasteiger partial charge < -0.3 is 10.6 Å². The summed E-state index contributed by atoms with van der Waals surface area (Å²) in [7, 11) is 0. The monoisotopic (exact) mass is 224 g/mol. The lowest BCUT2D eigenvalue weighted by Gasteiger charge is -2.22. The van der Waals surface area contributed by atoms with Gasteiger partial charge in [0.2, 0.25) is 0 Å². The van der Waals surface area contributed by atoms with E-state index >= 15 is 0 Å². The average molecular weight is 224 g/mol. The summed E-state index contributed by atoms with van der Waals surface area (Å²) < 4.78 is 35.4. The van der Waals surface area contributed by atoms with Gasteiger partial charge in [0, 0.05) is 6.54 Å². The molecule has 1 fully saturated rings. The van der Waals surface area contributed by atoms with E-state index in [0.717, 1.165) is 25.9 Å². The van der Waals surface area contributed by atoms with E-state index < -0.39 is 12.1 Å². The fourth-order valence-corrected chi connectivity index (χ4v) is 1.66. The second-order valence-electron chi connectivity index (χ2n) is 3.74. The normalized spacial score (nSPS) is 18.9. The van der Waals surface area contributed by atoms with E-state index in [1.165, 1.54) is 0 Å². The highest BCUT2D eigenvalue weighted by Crippen LogP contribution is 2.16. The van der Waals surface area contributed by atoms with Crippen LogP contribution in [-0.4, -0.2) is 31.7 Å². The van der Waals surface area contributed by atoms with Gasteiger partial charge in [-0.15, -0.1) is 0 Å². The highest BCUT2D eigenvalue weighted by Gasteiger charge is 2.38. The number of amides is 1. The summed E-state index contributed by atoms with van der Waals surface area (Å²) in [6.45, 7) is 1.94. The lowest BCUT2D eigenvalue weighted by molar-refractivity contribution is -0.173. The number of piperidine rings is 1. The first-order chi connectivity index (χ1) is 7.00. The van der Waals surface area contributed by atoms with Crippen LogP contribution in [0.25, 0.3) is 0 Å². The van der Waals surface area contributed by atoms with Gasteiger partial charge in [0.15, 0.2) is 0 Å². The number of nitrogens with one attached hydrogen (secondary N) is 2. The van der Waals surface area contributed by atoms with Gasteiger partial charge in [0.05, 0.1) is 0 Å². The molecule has 1 saturated heterocycles. The van der Waals surface area contributed by atoms with Crippen LogP contribution < -0.4 is 10.6 Å². The van der Waals surface area contributed by atoms with Crippen molar-refractivity contribution in [3.63, 3.8) is 0 Å². The first-order valence-electron chi connectivity index (χ1n) is 5.06. The topological polar surface area (TPSA) is 41.1 Å². The number of hydrogen-bond acceptors (Lipinski definition) is 2. The molecule has 0 aromatic carbocycles. The molecular formula is C9H15F3N2O. The van der Waals surface area contributed by atoms with Crippen molar-refractivity contribution in [1.29, 1.82) is 0 Å². The summed E-state index contributed by atoms with van der Waals surface area (Å²) in [5.74, 6) is -1.41. The Kier molecular flexibility index (Phi) is 4.38. The van der Waals surface area contributed by atoms with Gasteiger partial charge in [0.1, 0.15) is 0 Å². The molecule has 0 saturated carbocycles. The number of carbonyl (C=O) groups is 1. The largest absolute Gasteiger partial charge is 0.471 e. The minimum Gasteiger partial charge on any atom is -0.348 e. The molecule has 15 heavy (non-hydrogen) atoms. The predicted octanol–water partition coefficient (Wildman–Crippen LogP) is 1.05. The molecule has 1 aliphatic heterocycles. The van der Waals surface area contributed by atoms with Gasteiger partial charge in [-0.1, -0.05) is 0 Å². The Hall–Kier alpha value is -0.780. The third kappa shape index (κ3) is 4.51. The first kappa shape index (κ1) is 12.3. The molecule has 1 aliphatic rings. The molecule has 2 N–H and O–H groups in total. The second-order valence-corrected chi connectivity index (χ2v) is 3.74. The molecule has 1 rings (SSSR count). The molecule has 1 amide bonds. The molecular weight excluding hydrogens is 209 g/mol.